The highest BCUT2D eigenvalue weighted by Gasteiger charge is 2.46. The number of carbonyl (C=O) groups is 2. The number of nitrogens with zero attached hydrogens (tertiary/aromatic N) is 2. The van der Waals surface area contributed by atoms with Crippen LogP contribution in [0.4, 0.5) is 15.9 Å². The summed E-state index contributed by atoms with van der Waals surface area (Å²) in [6, 6.07) is 13.8. The molecule has 1 aromatic heterocycles. The highest BCUT2D eigenvalue weighted by atomic mass is 32.2. The smallest absolute Gasteiger partial charge is 0.309 e. The molecule has 1 saturated heterocycles. The molecule has 4 N–H and O–H groups in total. The van der Waals surface area contributed by atoms with Gasteiger partial charge in [-0.25, -0.2) is 17.8 Å². The molecule has 1 amide bonds. The third-order valence-corrected chi connectivity index (χ3v) is 10.2. The number of carboxylic acid groups (broad SMARTS) is 1. The zero-order chi connectivity index (χ0) is 32.5. The number of ether oxygens (including phenoxy) is 1. The van der Waals surface area contributed by atoms with Gasteiger partial charge in [-0.15, -0.1) is 0 Å². The number of aliphatic carboxylic acids is 1. The molecule has 0 bridgehead atoms. The van der Waals surface area contributed by atoms with Crippen LogP contribution in [0.2, 0.25) is 0 Å². The second-order valence-electron chi connectivity index (χ2n) is 10.9. The molecule has 236 valence electrons. The molecule has 0 saturated carbocycles. The molecule has 3 aromatic carbocycles. The number of carbonyl (C=O) groups excluding carboxylic acids is 1. The van der Waals surface area contributed by atoms with Crippen molar-refractivity contribution in [3.05, 3.63) is 89.4 Å². The van der Waals surface area contributed by atoms with Gasteiger partial charge in [0.1, 0.15) is 11.9 Å². The fourth-order valence-corrected chi connectivity index (χ4v) is 7.13. The summed E-state index contributed by atoms with van der Waals surface area (Å²) in [5.41, 5.74) is 7.45. The zero-order valence-corrected chi connectivity index (χ0v) is 26.0. The highest BCUT2D eigenvalue weighted by molar-refractivity contribution is 7.91. The monoisotopic (exact) mass is 634 g/mol. The number of aromatic nitrogens is 1. The Balaban J connectivity index is 1.67. The van der Waals surface area contributed by atoms with Crippen LogP contribution in [-0.4, -0.2) is 54.7 Å². The topological polar surface area (TPSA) is 152 Å². The van der Waals surface area contributed by atoms with Crippen LogP contribution in [0.3, 0.4) is 0 Å². The number of nitrogen functional groups attached to an aromatic ring is 1. The number of aryl methyl sites for hydroxylation is 1. The van der Waals surface area contributed by atoms with Crippen LogP contribution in [0.5, 0.6) is 5.75 Å². The molecular weight excluding hydrogens is 599 g/mol. The molecule has 12 heteroatoms. The molecule has 0 aliphatic carbocycles. The second-order valence-corrected chi connectivity index (χ2v) is 13.2. The van der Waals surface area contributed by atoms with Crippen molar-refractivity contribution in [2.45, 2.75) is 43.7 Å². The van der Waals surface area contributed by atoms with Crippen LogP contribution < -0.4 is 15.8 Å². The number of anilines is 2. The number of hydrogen-bond acceptors (Lipinski definition) is 8. The molecular formula is C33H35FN4O6S. The van der Waals surface area contributed by atoms with Gasteiger partial charge in [0.25, 0.3) is 0 Å². The van der Waals surface area contributed by atoms with Crippen molar-refractivity contribution < 1.29 is 32.2 Å². The minimum Gasteiger partial charge on any atom is -0.494 e. The van der Waals surface area contributed by atoms with Gasteiger partial charge < -0.3 is 25.8 Å². The summed E-state index contributed by atoms with van der Waals surface area (Å²) < 4.78 is 47.6. The maximum Gasteiger partial charge on any atom is 0.309 e. The summed E-state index contributed by atoms with van der Waals surface area (Å²) in [6.45, 7) is 3.41. The summed E-state index contributed by atoms with van der Waals surface area (Å²) >= 11 is 0. The molecule has 1 aliphatic heterocycles. The average Bonchev–Trinajstić information content (AvgIpc) is 3.49. The van der Waals surface area contributed by atoms with Gasteiger partial charge >= 0.3 is 5.97 Å². The minimum absolute atomic E-state index is 0.0116. The lowest BCUT2D eigenvalue weighted by molar-refractivity contribution is -0.143. The number of benzene rings is 3. The Hall–Kier alpha value is -4.71. The van der Waals surface area contributed by atoms with Crippen LogP contribution >= 0.6 is 0 Å². The lowest BCUT2D eigenvalue weighted by Crippen LogP contribution is -2.40. The summed E-state index contributed by atoms with van der Waals surface area (Å²) in [5.74, 6) is -3.51. The van der Waals surface area contributed by atoms with Gasteiger partial charge in [0.05, 0.1) is 29.7 Å². The summed E-state index contributed by atoms with van der Waals surface area (Å²) in [7, 11) is -2.43. The molecule has 0 radical (unpaired) electrons. The summed E-state index contributed by atoms with van der Waals surface area (Å²) in [6.07, 6.45) is 2.17. The molecule has 0 spiro atoms. The normalized spacial score (nSPS) is 17.3. The van der Waals surface area contributed by atoms with E-state index in [9.17, 15) is 23.1 Å². The number of amides is 1. The molecule has 3 atom stereocenters. The number of hydrogen-bond donors (Lipinski definition) is 3. The lowest BCUT2D eigenvalue weighted by Gasteiger charge is -2.33. The maximum atomic E-state index is 16.1. The molecule has 45 heavy (non-hydrogen) atoms. The van der Waals surface area contributed by atoms with E-state index in [0.29, 0.717) is 23.3 Å². The first kappa shape index (κ1) is 31.7. The Labute approximate surface area is 260 Å². The number of rotatable bonds is 10. The molecule has 2 heterocycles. The quantitative estimate of drug-likeness (QED) is 0.215. The van der Waals surface area contributed by atoms with E-state index in [1.54, 1.807) is 60.8 Å². The van der Waals surface area contributed by atoms with Crippen molar-refractivity contribution in [3.8, 4) is 5.75 Å². The van der Waals surface area contributed by atoms with Gasteiger partial charge in [0, 0.05) is 29.4 Å². The van der Waals surface area contributed by atoms with Crippen molar-refractivity contribution in [1.29, 1.82) is 0 Å². The second kappa shape index (κ2) is 12.7. The van der Waals surface area contributed by atoms with Crippen molar-refractivity contribution in [3.63, 3.8) is 0 Å². The van der Waals surface area contributed by atoms with E-state index in [1.807, 2.05) is 6.92 Å². The lowest BCUT2D eigenvalue weighted by atomic mass is 9.93. The first-order valence-electron chi connectivity index (χ1n) is 14.6. The number of pyridine rings is 1. The summed E-state index contributed by atoms with van der Waals surface area (Å²) in [4.78, 5) is 32.6. The third kappa shape index (κ3) is 6.02. The number of carboxylic acids is 1. The van der Waals surface area contributed by atoms with Gasteiger partial charge in [-0.1, -0.05) is 38.1 Å². The molecule has 1 aliphatic rings. The van der Waals surface area contributed by atoms with Crippen LogP contribution in [-0.2, 0) is 25.8 Å². The van der Waals surface area contributed by atoms with Crippen molar-refractivity contribution in [2.75, 3.05) is 30.5 Å². The van der Waals surface area contributed by atoms with Crippen LogP contribution in [0.1, 0.15) is 49.0 Å². The van der Waals surface area contributed by atoms with Gasteiger partial charge in [-0.3, -0.25) is 9.59 Å². The number of nitrogens with two attached hydrogens (primary N) is 1. The Bertz CT molecular complexity index is 1880. The van der Waals surface area contributed by atoms with Crippen molar-refractivity contribution in [2.24, 2.45) is 5.92 Å². The Morgan fingerprint density at radius 1 is 1.16 bits per heavy atom. The Morgan fingerprint density at radius 2 is 1.91 bits per heavy atom. The predicted molar refractivity (Wildman–Crippen MR) is 169 cm³/mol. The fraction of sp³-hybridized carbons (Fsp3) is 0.303. The maximum absolute atomic E-state index is 16.1. The Morgan fingerprint density at radius 3 is 2.60 bits per heavy atom. The average molecular weight is 635 g/mol. The largest absolute Gasteiger partial charge is 0.494 e. The first-order valence-corrected chi connectivity index (χ1v) is 16.3. The summed E-state index contributed by atoms with van der Waals surface area (Å²) in [5, 5.41) is 14.8. The van der Waals surface area contributed by atoms with E-state index in [2.05, 4.69) is 10.3 Å². The molecule has 10 nitrogen and oxygen atoms in total. The van der Waals surface area contributed by atoms with Crippen molar-refractivity contribution in [1.82, 2.24) is 9.88 Å². The van der Waals surface area contributed by atoms with E-state index in [1.165, 1.54) is 25.0 Å². The number of halogens is 1. The van der Waals surface area contributed by atoms with Gasteiger partial charge in [0.2, 0.25) is 5.91 Å². The number of likely N-dealkylation sites (tertiary alicyclic amines) is 1. The van der Waals surface area contributed by atoms with Gasteiger partial charge in [0.15, 0.2) is 21.4 Å². The van der Waals surface area contributed by atoms with Gasteiger partial charge in [-0.2, -0.15) is 0 Å². The molecule has 4 aromatic rings. The SMILES string of the molecule is CCc1cc(OC)c(F)c([C@@H](Nc2ccc3c(N)nccc3c2)C(=O)N2CC[C@H](C(=O)O)[C@@H]2c2ccccc2S(=O)(=O)CC)c1. The molecule has 1 fully saturated rings. The Kier molecular flexibility index (Phi) is 8.96. The van der Waals surface area contributed by atoms with Gasteiger partial charge in [-0.05, 0) is 65.8 Å². The van der Waals surface area contributed by atoms with E-state index >= 15 is 4.39 Å². The first-order chi connectivity index (χ1) is 21.5. The van der Waals surface area contributed by atoms with E-state index in [4.69, 9.17) is 10.5 Å². The fourth-order valence-electron chi connectivity index (χ4n) is 5.98. The number of fused-ring (bicyclic) bond motifs is 1. The standard InChI is InChI=1S/C33H35FN4O6S/c1-4-19-16-25(28(34)26(17-19)44-3)29(37-21-10-11-22-20(18-21)12-14-36-31(22)35)32(39)38-15-13-24(33(40)41)30(38)23-8-6-7-9-27(23)45(42,43)5-2/h6-12,14,16-18,24,29-30,37H,4-5,13,15H2,1-3H3,(H2,35,36)(H,40,41)/t24-,29+,30-/m0/s1. The molecule has 0 unspecified atom stereocenters. The predicted octanol–water partition coefficient (Wildman–Crippen LogP) is 5.15. The number of nitrogens with one attached hydrogen (secondary N) is 1. The van der Waals surface area contributed by atoms with Crippen molar-refractivity contribution >= 4 is 44.0 Å². The van der Waals surface area contributed by atoms with Crippen LogP contribution in [0.25, 0.3) is 10.8 Å². The molecule has 5 rings (SSSR count). The van der Waals surface area contributed by atoms with E-state index < -0.39 is 45.5 Å². The number of sulfone groups is 1. The third-order valence-electron chi connectivity index (χ3n) is 8.37. The van der Waals surface area contributed by atoms with E-state index in [-0.39, 0.29) is 40.5 Å². The zero-order valence-electron chi connectivity index (χ0n) is 25.2. The minimum atomic E-state index is -3.77. The highest BCUT2D eigenvalue weighted by Crippen LogP contribution is 2.43. The van der Waals surface area contributed by atoms with Crippen LogP contribution in [0, 0.1) is 11.7 Å². The number of methoxy groups -OCH3 is 1. The van der Waals surface area contributed by atoms with Crippen LogP contribution in [0.15, 0.2) is 71.8 Å². The van der Waals surface area contributed by atoms with E-state index in [0.717, 1.165) is 10.9 Å².